The van der Waals surface area contributed by atoms with Crippen LogP contribution in [0.15, 0.2) is 18.2 Å². The van der Waals surface area contributed by atoms with Gasteiger partial charge in [0.15, 0.2) is 0 Å². The van der Waals surface area contributed by atoms with Gasteiger partial charge in [-0.05, 0) is 17.9 Å². The predicted molar refractivity (Wildman–Crippen MR) is 70.6 cm³/mol. The molecule has 0 aromatic heterocycles. The zero-order valence-electron chi connectivity index (χ0n) is 11.2. The van der Waals surface area contributed by atoms with Gasteiger partial charge in [-0.25, -0.2) is 8.78 Å². The maximum atomic E-state index is 12.9. The van der Waals surface area contributed by atoms with Crippen molar-refractivity contribution in [1.82, 2.24) is 0 Å². The number of rotatable bonds is 5. The Kier molecular flexibility index (Phi) is 4.80. The van der Waals surface area contributed by atoms with Crippen LogP contribution in [-0.2, 0) is 0 Å². The quantitative estimate of drug-likeness (QED) is 0.639. The summed E-state index contributed by atoms with van der Waals surface area (Å²) in [5, 5.41) is 13.5. The number of benzene rings is 1. The lowest BCUT2D eigenvalue weighted by Crippen LogP contribution is -2.13. The molecule has 1 aromatic rings. The van der Waals surface area contributed by atoms with E-state index < -0.39 is 11.3 Å². The molecular formula is C13H18F2N2O2. The molecule has 1 N–H and O–H groups in total. The van der Waals surface area contributed by atoms with Gasteiger partial charge in [-0.15, -0.1) is 0 Å². The van der Waals surface area contributed by atoms with Gasteiger partial charge >= 0.3 is 0 Å². The van der Waals surface area contributed by atoms with E-state index in [2.05, 4.69) is 26.1 Å². The van der Waals surface area contributed by atoms with Gasteiger partial charge in [0.2, 0.25) is 0 Å². The highest BCUT2D eigenvalue weighted by atomic mass is 19.3. The maximum absolute atomic E-state index is 12.9. The third kappa shape index (κ3) is 4.81. The summed E-state index contributed by atoms with van der Waals surface area (Å²) < 4.78 is 25.7. The van der Waals surface area contributed by atoms with Crippen LogP contribution in [0.5, 0.6) is 0 Å². The van der Waals surface area contributed by atoms with Crippen molar-refractivity contribution >= 4 is 11.4 Å². The van der Waals surface area contributed by atoms with Crippen molar-refractivity contribution in [2.45, 2.75) is 33.6 Å². The molecule has 1 rings (SSSR count). The first-order valence-electron chi connectivity index (χ1n) is 6.01. The standard InChI is InChI=1S/C13H18F2N2O2/c1-13(2,3)6-7-16-11-5-4-9(17(18)19)8-10(11)12(14)15/h4-5,8,12,16H,6-7H2,1-3H3. The van der Waals surface area contributed by atoms with E-state index >= 15 is 0 Å². The van der Waals surface area contributed by atoms with Gasteiger partial charge in [-0.2, -0.15) is 0 Å². The molecule has 0 bridgehead atoms. The molecule has 0 aliphatic carbocycles. The minimum Gasteiger partial charge on any atom is -0.385 e. The Bertz CT molecular complexity index is 456. The molecule has 0 saturated heterocycles. The van der Waals surface area contributed by atoms with Crippen molar-refractivity contribution in [2.75, 3.05) is 11.9 Å². The zero-order chi connectivity index (χ0) is 14.6. The summed E-state index contributed by atoms with van der Waals surface area (Å²) >= 11 is 0. The molecule has 0 atom stereocenters. The molecule has 6 heteroatoms. The molecule has 0 aliphatic rings. The van der Waals surface area contributed by atoms with Crippen molar-refractivity contribution in [3.63, 3.8) is 0 Å². The van der Waals surface area contributed by atoms with Crippen LogP contribution < -0.4 is 5.32 Å². The van der Waals surface area contributed by atoms with Crippen LogP contribution in [0.4, 0.5) is 20.2 Å². The lowest BCUT2D eigenvalue weighted by Gasteiger charge is -2.19. The number of nitrogens with one attached hydrogen (secondary N) is 1. The summed E-state index contributed by atoms with van der Waals surface area (Å²) in [7, 11) is 0. The number of nitro groups is 1. The fraction of sp³-hybridized carbons (Fsp3) is 0.538. The molecule has 0 unspecified atom stereocenters. The summed E-state index contributed by atoms with van der Waals surface area (Å²) in [6, 6.07) is 3.48. The third-order valence-electron chi connectivity index (χ3n) is 2.67. The molecule has 0 heterocycles. The van der Waals surface area contributed by atoms with Crippen LogP contribution in [0.1, 0.15) is 39.2 Å². The zero-order valence-corrected chi connectivity index (χ0v) is 11.2. The molecule has 4 nitrogen and oxygen atoms in total. The topological polar surface area (TPSA) is 55.2 Å². The Morgan fingerprint density at radius 3 is 2.47 bits per heavy atom. The van der Waals surface area contributed by atoms with Gasteiger partial charge < -0.3 is 5.32 Å². The number of hydrogen-bond acceptors (Lipinski definition) is 3. The number of nitrogens with zero attached hydrogens (tertiary/aromatic N) is 1. The van der Waals surface area contributed by atoms with E-state index in [0.717, 1.165) is 12.5 Å². The smallest absolute Gasteiger partial charge is 0.270 e. The highest BCUT2D eigenvalue weighted by Gasteiger charge is 2.18. The second-order valence-electron chi connectivity index (χ2n) is 5.57. The van der Waals surface area contributed by atoms with Gasteiger partial charge in [-0.1, -0.05) is 20.8 Å². The molecule has 0 fully saturated rings. The van der Waals surface area contributed by atoms with E-state index in [-0.39, 0.29) is 22.4 Å². The number of non-ortho nitro benzene ring substituents is 1. The monoisotopic (exact) mass is 272 g/mol. The summed E-state index contributed by atoms with van der Waals surface area (Å²) in [6.07, 6.45) is -1.93. The molecule has 0 radical (unpaired) electrons. The van der Waals surface area contributed by atoms with Crippen molar-refractivity contribution < 1.29 is 13.7 Å². The van der Waals surface area contributed by atoms with E-state index in [1.807, 2.05) is 0 Å². The van der Waals surface area contributed by atoms with E-state index in [1.165, 1.54) is 12.1 Å². The SMILES string of the molecule is CC(C)(C)CCNc1ccc([N+](=O)[O-])cc1C(F)F. The second-order valence-corrected chi connectivity index (χ2v) is 5.57. The fourth-order valence-corrected chi connectivity index (χ4v) is 1.58. The van der Waals surface area contributed by atoms with Gasteiger partial charge in [0.25, 0.3) is 12.1 Å². The minimum atomic E-state index is -2.74. The Labute approximate surface area is 111 Å². The first-order valence-corrected chi connectivity index (χ1v) is 6.01. The third-order valence-corrected chi connectivity index (χ3v) is 2.67. The summed E-state index contributed by atoms with van der Waals surface area (Å²) in [6.45, 7) is 6.71. The Morgan fingerprint density at radius 2 is 2.00 bits per heavy atom. The molecule has 106 valence electrons. The van der Waals surface area contributed by atoms with E-state index in [9.17, 15) is 18.9 Å². The number of anilines is 1. The lowest BCUT2D eigenvalue weighted by molar-refractivity contribution is -0.385. The molecular weight excluding hydrogens is 254 g/mol. The molecule has 0 aliphatic heterocycles. The first kappa shape index (κ1) is 15.3. The second kappa shape index (κ2) is 5.95. The van der Waals surface area contributed by atoms with Crippen LogP contribution in [0.2, 0.25) is 0 Å². The highest BCUT2D eigenvalue weighted by molar-refractivity contribution is 5.56. The summed E-state index contributed by atoms with van der Waals surface area (Å²) in [5.74, 6) is 0. The number of hydrogen-bond donors (Lipinski definition) is 1. The largest absolute Gasteiger partial charge is 0.385 e. The maximum Gasteiger partial charge on any atom is 0.270 e. The van der Waals surface area contributed by atoms with Gasteiger partial charge in [0, 0.05) is 29.9 Å². The normalized spacial score (nSPS) is 11.7. The van der Waals surface area contributed by atoms with Gasteiger partial charge in [0.05, 0.1) is 4.92 Å². The van der Waals surface area contributed by atoms with Crippen molar-refractivity contribution in [3.8, 4) is 0 Å². The Balaban J connectivity index is 2.85. The van der Waals surface area contributed by atoms with Crippen LogP contribution >= 0.6 is 0 Å². The fourth-order valence-electron chi connectivity index (χ4n) is 1.58. The summed E-state index contributed by atoms with van der Waals surface area (Å²) in [4.78, 5) is 9.90. The number of alkyl halides is 2. The molecule has 1 aromatic carbocycles. The van der Waals surface area contributed by atoms with Crippen LogP contribution in [0.25, 0.3) is 0 Å². The number of halogens is 2. The van der Waals surface area contributed by atoms with Crippen LogP contribution in [0.3, 0.4) is 0 Å². The van der Waals surface area contributed by atoms with Crippen molar-refractivity contribution in [3.05, 3.63) is 33.9 Å². The summed E-state index contributed by atoms with van der Waals surface area (Å²) in [5.41, 5.74) is -0.302. The average molecular weight is 272 g/mol. The molecule has 0 amide bonds. The predicted octanol–water partition coefficient (Wildman–Crippen LogP) is 4.38. The van der Waals surface area contributed by atoms with Gasteiger partial charge in [0.1, 0.15) is 0 Å². The van der Waals surface area contributed by atoms with Crippen LogP contribution in [-0.4, -0.2) is 11.5 Å². The van der Waals surface area contributed by atoms with E-state index in [0.29, 0.717) is 6.54 Å². The van der Waals surface area contributed by atoms with Gasteiger partial charge in [-0.3, -0.25) is 10.1 Å². The molecule has 19 heavy (non-hydrogen) atoms. The van der Waals surface area contributed by atoms with Crippen molar-refractivity contribution in [1.29, 1.82) is 0 Å². The highest BCUT2D eigenvalue weighted by Crippen LogP contribution is 2.31. The first-order chi connectivity index (χ1) is 8.70. The Morgan fingerprint density at radius 1 is 1.37 bits per heavy atom. The van der Waals surface area contributed by atoms with E-state index in [1.54, 1.807) is 0 Å². The van der Waals surface area contributed by atoms with Crippen molar-refractivity contribution in [2.24, 2.45) is 5.41 Å². The average Bonchev–Trinajstić information content (AvgIpc) is 2.27. The van der Waals surface area contributed by atoms with E-state index in [4.69, 9.17) is 0 Å². The van der Waals surface area contributed by atoms with Crippen LogP contribution in [0, 0.1) is 15.5 Å². The molecule has 0 saturated carbocycles. The number of nitro benzene ring substituents is 1. The molecule has 0 spiro atoms. The lowest BCUT2D eigenvalue weighted by atomic mass is 9.92. The minimum absolute atomic E-state index is 0.0960. The Hall–Kier alpha value is -1.72.